The van der Waals surface area contributed by atoms with E-state index in [2.05, 4.69) is 5.32 Å². The number of hydrogen-bond donors (Lipinski definition) is 2. The molecule has 0 heterocycles. The van der Waals surface area contributed by atoms with Gasteiger partial charge in [0.1, 0.15) is 5.82 Å². The maximum absolute atomic E-state index is 12.8. The number of carbonyl (C=O) groups is 1. The van der Waals surface area contributed by atoms with Gasteiger partial charge in [-0.2, -0.15) is 0 Å². The number of thioether (sulfide) groups is 1. The van der Waals surface area contributed by atoms with Crippen LogP contribution in [0.15, 0.2) is 29.2 Å². The van der Waals surface area contributed by atoms with Crippen LogP contribution in [0, 0.1) is 11.7 Å². The number of amides is 1. The second-order valence-electron chi connectivity index (χ2n) is 5.51. The van der Waals surface area contributed by atoms with Crippen molar-refractivity contribution < 1.29 is 9.18 Å². The second kappa shape index (κ2) is 8.39. The topological polar surface area (TPSA) is 55.1 Å². The Morgan fingerprint density at radius 3 is 2.71 bits per heavy atom. The molecule has 21 heavy (non-hydrogen) atoms. The highest BCUT2D eigenvalue weighted by atomic mass is 32.2. The van der Waals surface area contributed by atoms with Gasteiger partial charge in [-0.25, -0.2) is 4.39 Å². The van der Waals surface area contributed by atoms with Crippen molar-refractivity contribution in [3.05, 3.63) is 30.1 Å². The smallest absolute Gasteiger partial charge is 0.221 e. The first-order chi connectivity index (χ1) is 10.2. The minimum Gasteiger partial charge on any atom is -0.353 e. The fourth-order valence-corrected chi connectivity index (χ4v) is 3.60. The highest BCUT2D eigenvalue weighted by Gasteiger charge is 2.24. The molecule has 2 rings (SSSR count). The van der Waals surface area contributed by atoms with Gasteiger partial charge in [0.05, 0.1) is 0 Å². The van der Waals surface area contributed by atoms with Crippen LogP contribution in [0.3, 0.4) is 0 Å². The SMILES string of the molecule is NCC1CCCCC1NC(=O)CCSc1ccc(F)cc1. The molecule has 2 atom stereocenters. The van der Waals surface area contributed by atoms with Gasteiger partial charge in [-0.3, -0.25) is 4.79 Å². The molecule has 5 heteroatoms. The van der Waals surface area contributed by atoms with Crippen LogP contribution in [-0.4, -0.2) is 24.2 Å². The minimum absolute atomic E-state index is 0.0926. The van der Waals surface area contributed by atoms with Crippen molar-refractivity contribution in [3.8, 4) is 0 Å². The lowest BCUT2D eigenvalue weighted by Crippen LogP contribution is -2.44. The number of halogens is 1. The summed E-state index contributed by atoms with van der Waals surface area (Å²) in [5.74, 6) is 0.988. The minimum atomic E-state index is -0.234. The normalized spacial score (nSPS) is 22.0. The molecule has 1 aromatic carbocycles. The zero-order valence-corrected chi connectivity index (χ0v) is 13.0. The highest BCUT2D eigenvalue weighted by Crippen LogP contribution is 2.24. The molecule has 0 aliphatic heterocycles. The first-order valence-corrected chi connectivity index (χ1v) is 8.55. The summed E-state index contributed by atoms with van der Waals surface area (Å²) in [7, 11) is 0. The van der Waals surface area contributed by atoms with Crippen LogP contribution in [0.4, 0.5) is 4.39 Å². The molecule has 0 aromatic heterocycles. The van der Waals surface area contributed by atoms with E-state index in [0.29, 0.717) is 24.6 Å². The van der Waals surface area contributed by atoms with Crippen molar-refractivity contribution in [3.63, 3.8) is 0 Å². The van der Waals surface area contributed by atoms with Gasteiger partial charge in [0.2, 0.25) is 5.91 Å². The third-order valence-electron chi connectivity index (χ3n) is 3.97. The van der Waals surface area contributed by atoms with E-state index in [1.807, 2.05) is 0 Å². The Hall–Kier alpha value is -1.07. The fraction of sp³-hybridized carbons (Fsp3) is 0.562. The van der Waals surface area contributed by atoms with Crippen LogP contribution in [0.1, 0.15) is 32.1 Å². The molecular formula is C16H23FN2OS. The molecule has 0 saturated heterocycles. The average molecular weight is 310 g/mol. The monoisotopic (exact) mass is 310 g/mol. The van der Waals surface area contributed by atoms with Crippen molar-refractivity contribution in [2.45, 2.75) is 43.0 Å². The van der Waals surface area contributed by atoms with Crippen molar-refractivity contribution in [2.24, 2.45) is 11.7 Å². The van der Waals surface area contributed by atoms with Gasteiger partial charge in [-0.1, -0.05) is 12.8 Å². The largest absolute Gasteiger partial charge is 0.353 e. The molecule has 0 spiro atoms. The van der Waals surface area contributed by atoms with Crippen LogP contribution in [-0.2, 0) is 4.79 Å². The number of carbonyl (C=O) groups excluding carboxylic acids is 1. The average Bonchev–Trinajstić information content (AvgIpc) is 2.50. The predicted molar refractivity (Wildman–Crippen MR) is 84.7 cm³/mol. The molecule has 0 bridgehead atoms. The molecule has 116 valence electrons. The number of nitrogens with one attached hydrogen (secondary N) is 1. The Balaban J connectivity index is 1.70. The van der Waals surface area contributed by atoms with E-state index < -0.39 is 0 Å². The summed E-state index contributed by atoms with van der Waals surface area (Å²) < 4.78 is 12.8. The maximum Gasteiger partial charge on any atom is 0.221 e. The van der Waals surface area contributed by atoms with Gasteiger partial charge in [0.15, 0.2) is 0 Å². The van der Waals surface area contributed by atoms with Crippen molar-refractivity contribution in [2.75, 3.05) is 12.3 Å². The van der Waals surface area contributed by atoms with Crippen molar-refractivity contribution in [1.29, 1.82) is 0 Å². The van der Waals surface area contributed by atoms with E-state index in [1.54, 1.807) is 23.9 Å². The molecule has 2 unspecified atom stereocenters. The van der Waals surface area contributed by atoms with Gasteiger partial charge in [0.25, 0.3) is 0 Å². The molecule has 1 aliphatic carbocycles. The third kappa shape index (κ3) is 5.32. The van der Waals surface area contributed by atoms with Crippen LogP contribution >= 0.6 is 11.8 Å². The van der Waals surface area contributed by atoms with Crippen LogP contribution in [0.2, 0.25) is 0 Å². The zero-order valence-electron chi connectivity index (χ0n) is 12.2. The lowest BCUT2D eigenvalue weighted by molar-refractivity contribution is -0.121. The summed E-state index contributed by atoms with van der Waals surface area (Å²) in [6, 6.07) is 6.60. The standard InChI is InChI=1S/C16H23FN2OS/c17-13-5-7-14(8-6-13)21-10-9-16(20)19-15-4-2-1-3-12(15)11-18/h5-8,12,15H,1-4,9-11,18H2,(H,19,20). The summed E-state index contributed by atoms with van der Waals surface area (Å²) in [6.45, 7) is 0.648. The number of hydrogen-bond acceptors (Lipinski definition) is 3. The Kier molecular flexibility index (Phi) is 6.51. The molecule has 1 amide bonds. The Morgan fingerprint density at radius 1 is 1.29 bits per heavy atom. The summed E-state index contributed by atoms with van der Waals surface area (Å²) in [5, 5.41) is 3.12. The first kappa shape index (κ1) is 16.3. The van der Waals surface area contributed by atoms with E-state index in [-0.39, 0.29) is 17.8 Å². The number of rotatable bonds is 6. The lowest BCUT2D eigenvalue weighted by Gasteiger charge is -2.31. The summed E-state index contributed by atoms with van der Waals surface area (Å²) in [5.41, 5.74) is 5.77. The van der Waals surface area contributed by atoms with Crippen molar-refractivity contribution >= 4 is 17.7 Å². The highest BCUT2D eigenvalue weighted by molar-refractivity contribution is 7.99. The first-order valence-electron chi connectivity index (χ1n) is 7.57. The quantitative estimate of drug-likeness (QED) is 0.794. The maximum atomic E-state index is 12.8. The van der Waals surface area contributed by atoms with Gasteiger partial charge in [-0.15, -0.1) is 11.8 Å². The van der Waals surface area contributed by atoms with E-state index in [9.17, 15) is 9.18 Å². The molecule has 3 N–H and O–H groups in total. The molecule has 1 aromatic rings. The molecule has 1 fully saturated rings. The molecule has 0 radical (unpaired) electrons. The molecule has 3 nitrogen and oxygen atoms in total. The van der Waals surface area contributed by atoms with Crippen LogP contribution in [0.25, 0.3) is 0 Å². The van der Waals surface area contributed by atoms with Crippen LogP contribution < -0.4 is 11.1 Å². The summed E-state index contributed by atoms with van der Waals surface area (Å²) >= 11 is 1.57. The Bertz CT molecular complexity index is 452. The molecule has 1 saturated carbocycles. The van der Waals surface area contributed by atoms with Gasteiger partial charge < -0.3 is 11.1 Å². The second-order valence-corrected chi connectivity index (χ2v) is 6.67. The number of nitrogens with two attached hydrogens (primary N) is 1. The lowest BCUT2D eigenvalue weighted by atomic mass is 9.84. The fourth-order valence-electron chi connectivity index (χ4n) is 2.75. The van der Waals surface area contributed by atoms with E-state index in [0.717, 1.165) is 17.7 Å². The van der Waals surface area contributed by atoms with Gasteiger partial charge in [0, 0.05) is 23.1 Å². The van der Waals surface area contributed by atoms with Crippen LogP contribution in [0.5, 0.6) is 0 Å². The summed E-state index contributed by atoms with van der Waals surface area (Å²) in [6.07, 6.45) is 5.03. The van der Waals surface area contributed by atoms with Crippen molar-refractivity contribution in [1.82, 2.24) is 5.32 Å². The summed E-state index contributed by atoms with van der Waals surface area (Å²) in [4.78, 5) is 13.0. The predicted octanol–water partition coefficient (Wildman–Crippen LogP) is 2.94. The Morgan fingerprint density at radius 2 is 2.00 bits per heavy atom. The van der Waals surface area contributed by atoms with Gasteiger partial charge >= 0.3 is 0 Å². The van der Waals surface area contributed by atoms with E-state index in [1.165, 1.54) is 25.0 Å². The number of benzene rings is 1. The molecular weight excluding hydrogens is 287 g/mol. The van der Waals surface area contributed by atoms with E-state index >= 15 is 0 Å². The van der Waals surface area contributed by atoms with E-state index in [4.69, 9.17) is 5.73 Å². The third-order valence-corrected chi connectivity index (χ3v) is 4.98. The zero-order chi connectivity index (χ0) is 15.1. The molecule has 1 aliphatic rings. The van der Waals surface area contributed by atoms with Gasteiger partial charge in [-0.05, 0) is 49.6 Å². The Labute approximate surface area is 129 Å².